The van der Waals surface area contributed by atoms with Gasteiger partial charge in [-0.1, -0.05) is 13.8 Å². The second kappa shape index (κ2) is 17.0. The van der Waals surface area contributed by atoms with Crippen LogP contribution < -0.4 is 0 Å². The maximum Gasteiger partial charge on any atom is 0.331 e. The summed E-state index contributed by atoms with van der Waals surface area (Å²) in [6.07, 6.45) is -7.54. The number of hydrogen-bond donors (Lipinski definition) is 8. The van der Waals surface area contributed by atoms with E-state index in [4.69, 9.17) is 37.9 Å². The van der Waals surface area contributed by atoms with Crippen LogP contribution in [0.15, 0.2) is 11.6 Å². The van der Waals surface area contributed by atoms with Crippen LogP contribution in [0.4, 0.5) is 0 Å². The fraction of sp³-hybridized carbons (Fsp3) is 0.929. The summed E-state index contributed by atoms with van der Waals surface area (Å²) in [5.74, 6) is 0.957. The van der Waals surface area contributed by atoms with Crippen LogP contribution in [0.5, 0.6) is 0 Å². The summed E-state index contributed by atoms with van der Waals surface area (Å²) in [5.41, 5.74) is 0.0761. The molecule has 3 saturated heterocycles. The fourth-order valence-electron chi connectivity index (χ4n) is 12.9. The van der Waals surface area contributed by atoms with Crippen molar-refractivity contribution in [3.63, 3.8) is 0 Å². The van der Waals surface area contributed by atoms with Crippen molar-refractivity contribution >= 4 is 5.97 Å². The molecule has 0 spiro atoms. The van der Waals surface area contributed by atoms with Gasteiger partial charge < -0.3 is 78.7 Å². The third-order valence-electron chi connectivity index (χ3n) is 16.4. The van der Waals surface area contributed by atoms with Crippen molar-refractivity contribution in [1.29, 1.82) is 0 Å². The molecule has 4 aliphatic heterocycles. The first-order valence-corrected chi connectivity index (χ1v) is 21.7. The molecule has 17 heteroatoms. The van der Waals surface area contributed by atoms with E-state index in [0.717, 1.165) is 63.4 Å². The summed E-state index contributed by atoms with van der Waals surface area (Å²) in [7, 11) is 1.54. The first-order valence-electron chi connectivity index (χ1n) is 21.7. The largest absolute Gasteiger partial charge is 0.458 e. The number of carbonyl (C=O) groups excluding carboxylic acids is 1. The van der Waals surface area contributed by atoms with Gasteiger partial charge in [-0.15, -0.1) is 0 Å². The summed E-state index contributed by atoms with van der Waals surface area (Å²) in [6.45, 7) is 5.69. The van der Waals surface area contributed by atoms with Gasteiger partial charge in [-0.05, 0) is 99.4 Å². The van der Waals surface area contributed by atoms with E-state index in [2.05, 4.69) is 13.8 Å². The highest BCUT2D eigenvalue weighted by Gasteiger charge is 2.68. The topological polar surface area (TPSA) is 253 Å². The number of rotatable bonds is 10. The SMILES string of the molecule is COC1CC(O[C@@H]2CC[C@]3(C)C(CCC4C3CC[C@@]3(C)C(C5=CC(=O)OC5)CCC43O)C2)OC(C)C1OC1OC(COC2OC(CO)C(O)C(O)C2O)C(O)C(O)C1O. The van der Waals surface area contributed by atoms with Gasteiger partial charge in [-0.2, -0.15) is 0 Å². The summed E-state index contributed by atoms with van der Waals surface area (Å²) in [6, 6.07) is 0. The van der Waals surface area contributed by atoms with Gasteiger partial charge in [0, 0.05) is 25.0 Å². The number of carbonyl (C=O) groups is 1. The van der Waals surface area contributed by atoms with Crippen LogP contribution in [0.2, 0.25) is 0 Å². The van der Waals surface area contributed by atoms with Gasteiger partial charge >= 0.3 is 5.97 Å². The lowest BCUT2D eigenvalue weighted by atomic mass is 9.43. The molecule has 0 aromatic carbocycles. The number of cyclic esters (lactones) is 1. The average Bonchev–Trinajstić information content (AvgIpc) is 3.77. The maximum absolute atomic E-state index is 12.6. The van der Waals surface area contributed by atoms with Crippen LogP contribution >= 0.6 is 0 Å². The average molecular weight is 843 g/mol. The maximum atomic E-state index is 12.6. The lowest BCUT2D eigenvalue weighted by Gasteiger charge is -2.64. The van der Waals surface area contributed by atoms with Crippen molar-refractivity contribution in [2.24, 2.45) is 34.5 Å². The van der Waals surface area contributed by atoms with Crippen LogP contribution in [0.25, 0.3) is 0 Å². The van der Waals surface area contributed by atoms with Crippen molar-refractivity contribution in [2.45, 2.75) is 183 Å². The Morgan fingerprint density at radius 1 is 0.780 bits per heavy atom. The van der Waals surface area contributed by atoms with Gasteiger partial charge in [0.25, 0.3) is 0 Å². The standard InChI is InChI=1S/C42H66O17/c1-19-37(59-39-36(50)34(48)32(46)28(58-39)18-54-38-35(49)33(47)31(45)27(16-43)57-38)26(52-4)15-30(55-19)56-22-7-10-40(2)21(14-22)5-6-25-24(40)8-11-41(3)23(9-12-42(25,41)51)20-13-29(44)53-17-20/h13,19,21-28,30-39,43,45-51H,5-12,14-18H2,1-4H3/t19?,21?,22-,23?,24?,25?,26?,27?,28?,30?,31?,32?,33?,34?,35?,36?,37?,38?,39?,40-,41+,42?/m1/s1. The molecule has 7 fully saturated rings. The third-order valence-corrected chi connectivity index (χ3v) is 16.4. The van der Waals surface area contributed by atoms with Crippen LogP contribution in [0, 0.1) is 34.5 Å². The first kappa shape index (κ1) is 44.2. The lowest BCUT2D eigenvalue weighted by Crippen LogP contribution is -2.63. The monoisotopic (exact) mass is 842 g/mol. The molecule has 22 atom stereocenters. The molecule has 19 unspecified atom stereocenters. The Kier molecular flexibility index (Phi) is 12.7. The zero-order valence-electron chi connectivity index (χ0n) is 34.5. The van der Waals surface area contributed by atoms with Crippen LogP contribution in [0.3, 0.4) is 0 Å². The molecule has 0 amide bonds. The van der Waals surface area contributed by atoms with Crippen molar-refractivity contribution in [3.8, 4) is 0 Å². The van der Waals surface area contributed by atoms with Crippen molar-refractivity contribution in [2.75, 3.05) is 26.9 Å². The van der Waals surface area contributed by atoms with Crippen LogP contribution in [0.1, 0.15) is 85.0 Å². The smallest absolute Gasteiger partial charge is 0.331 e. The highest BCUT2D eigenvalue weighted by molar-refractivity contribution is 5.85. The Labute approximate surface area is 344 Å². The number of aliphatic hydroxyl groups is 8. The molecule has 0 bridgehead atoms. The van der Waals surface area contributed by atoms with E-state index in [0.29, 0.717) is 24.9 Å². The van der Waals surface area contributed by atoms with E-state index in [1.807, 2.05) is 0 Å². The molecule has 0 aromatic rings. The fourth-order valence-corrected chi connectivity index (χ4v) is 12.9. The predicted octanol–water partition coefficient (Wildman–Crippen LogP) is -0.212. The van der Waals surface area contributed by atoms with Crippen LogP contribution in [-0.4, -0.2) is 171 Å². The molecule has 4 saturated carbocycles. The highest BCUT2D eigenvalue weighted by Crippen LogP contribution is 2.70. The number of methoxy groups -OCH3 is 1. The lowest BCUT2D eigenvalue weighted by molar-refractivity contribution is -0.355. The van der Waals surface area contributed by atoms with E-state index < -0.39 is 105 Å². The summed E-state index contributed by atoms with van der Waals surface area (Å²) < 4.78 is 47.2. The Balaban J connectivity index is 0.857. The number of hydrogen-bond acceptors (Lipinski definition) is 17. The van der Waals surface area contributed by atoms with E-state index >= 15 is 0 Å². The van der Waals surface area contributed by atoms with Gasteiger partial charge in [-0.25, -0.2) is 4.79 Å². The molecular formula is C42H66O17. The first-order chi connectivity index (χ1) is 28.0. The van der Waals surface area contributed by atoms with Crippen LogP contribution in [-0.2, 0) is 42.7 Å². The number of aliphatic hydroxyl groups excluding tert-OH is 7. The minimum atomic E-state index is -1.70. The van der Waals surface area contributed by atoms with Crippen molar-refractivity contribution in [3.05, 3.63) is 11.6 Å². The zero-order valence-corrected chi connectivity index (χ0v) is 34.5. The van der Waals surface area contributed by atoms with Crippen molar-refractivity contribution < 1.29 is 83.5 Å². The Morgan fingerprint density at radius 3 is 2.19 bits per heavy atom. The Morgan fingerprint density at radius 2 is 1.49 bits per heavy atom. The third kappa shape index (κ3) is 7.64. The molecule has 0 radical (unpaired) electrons. The Hall–Kier alpha value is -1.39. The van der Waals surface area contributed by atoms with Gasteiger partial charge in [0.2, 0.25) is 0 Å². The Bertz CT molecular complexity index is 1530. The highest BCUT2D eigenvalue weighted by atomic mass is 16.8. The van der Waals surface area contributed by atoms with E-state index in [1.165, 1.54) is 0 Å². The molecule has 8 N–H and O–H groups in total. The number of ether oxygens (including phenoxy) is 8. The molecule has 0 aromatic heterocycles. The zero-order chi connectivity index (χ0) is 42.2. The number of fused-ring (bicyclic) bond motifs is 5. The van der Waals surface area contributed by atoms with Crippen molar-refractivity contribution in [1.82, 2.24) is 0 Å². The molecule has 8 rings (SSSR count). The molecule has 59 heavy (non-hydrogen) atoms. The molecule has 8 aliphatic rings. The number of esters is 1. The molecule has 4 aliphatic carbocycles. The molecule has 4 heterocycles. The van der Waals surface area contributed by atoms with E-state index in [1.54, 1.807) is 20.1 Å². The summed E-state index contributed by atoms with van der Waals surface area (Å²) >= 11 is 0. The molecule has 17 nitrogen and oxygen atoms in total. The second-order valence-electron chi connectivity index (χ2n) is 19.3. The van der Waals surface area contributed by atoms with E-state index in [-0.39, 0.29) is 34.7 Å². The van der Waals surface area contributed by atoms with E-state index in [9.17, 15) is 45.6 Å². The van der Waals surface area contributed by atoms with Gasteiger partial charge in [-0.3, -0.25) is 0 Å². The summed E-state index contributed by atoms with van der Waals surface area (Å²) in [5, 5.41) is 85.0. The molecular weight excluding hydrogens is 776 g/mol. The second-order valence-corrected chi connectivity index (χ2v) is 19.3. The summed E-state index contributed by atoms with van der Waals surface area (Å²) in [4.78, 5) is 12.0. The predicted molar refractivity (Wildman–Crippen MR) is 202 cm³/mol. The quantitative estimate of drug-likeness (QED) is 0.105. The normalized spacial score (nSPS) is 53.9. The molecule has 336 valence electrons. The van der Waals surface area contributed by atoms with Gasteiger partial charge in [0.15, 0.2) is 18.9 Å². The minimum Gasteiger partial charge on any atom is -0.458 e. The van der Waals surface area contributed by atoms with Gasteiger partial charge in [0.1, 0.15) is 61.5 Å². The van der Waals surface area contributed by atoms with Gasteiger partial charge in [0.05, 0.1) is 37.1 Å². The minimum absolute atomic E-state index is 0.0268.